The molecule has 0 aliphatic carbocycles. The van der Waals surface area contributed by atoms with Crippen LogP contribution in [0.4, 0.5) is 5.69 Å². The minimum absolute atomic E-state index is 0.266. The molecule has 4 aromatic rings. The van der Waals surface area contributed by atoms with E-state index in [1.54, 1.807) is 17.8 Å². The van der Waals surface area contributed by atoms with Gasteiger partial charge in [0.1, 0.15) is 5.58 Å². The third-order valence-corrected chi connectivity index (χ3v) is 4.84. The van der Waals surface area contributed by atoms with Crippen molar-refractivity contribution in [2.24, 2.45) is 0 Å². The van der Waals surface area contributed by atoms with Crippen LogP contribution in [0, 0.1) is 6.92 Å². The van der Waals surface area contributed by atoms with Crippen LogP contribution in [0.1, 0.15) is 16.2 Å². The molecule has 1 N–H and O–H groups in total. The topological polar surface area (TPSA) is 55.1 Å². The van der Waals surface area contributed by atoms with Gasteiger partial charge in [0.05, 0.1) is 5.52 Å². The fraction of sp³-hybridized carbons (Fsp3) is 0.100. The Kier molecular flexibility index (Phi) is 3.93. The summed E-state index contributed by atoms with van der Waals surface area (Å²) in [5.74, 6) is 0.0174. The van der Waals surface area contributed by atoms with Crippen LogP contribution in [0.2, 0.25) is 0 Å². The van der Waals surface area contributed by atoms with Crippen molar-refractivity contribution in [1.82, 2.24) is 4.98 Å². The molecule has 0 fully saturated rings. The number of hydrogen-bond donors (Lipinski definition) is 1. The molecular formula is C20H16N2O2S. The number of amides is 1. The Hall–Kier alpha value is -2.79. The molecule has 0 aliphatic rings. The first-order valence-corrected chi connectivity index (χ1v) is 9.12. The maximum Gasteiger partial charge on any atom is 0.291 e. The molecule has 0 spiro atoms. The van der Waals surface area contributed by atoms with Crippen LogP contribution < -0.4 is 5.32 Å². The molecule has 0 radical (unpaired) electrons. The predicted octanol–water partition coefficient (Wildman–Crippen LogP) is 5.26. The van der Waals surface area contributed by atoms with Gasteiger partial charge in [-0.05, 0) is 49.6 Å². The number of rotatable bonds is 3. The summed E-state index contributed by atoms with van der Waals surface area (Å²) in [5, 5.41) is 4.67. The van der Waals surface area contributed by atoms with Crippen molar-refractivity contribution in [1.29, 1.82) is 0 Å². The van der Waals surface area contributed by atoms with Crippen LogP contribution in [0.5, 0.6) is 0 Å². The first-order valence-electron chi connectivity index (χ1n) is 7.90. The van der Waals surface area contributed by atoms with Gasteiger partial charge in [0.15, 0.2) is 5.76 Å². The number of nitrogens with zero attached hydrogens (tertiary/aromatic N) is 1. The van der Waals surface area contributed by atoms with E-state index in [1.165, 1.54) is 0 Å². The Morgan fingerprint density at radius 3 is 2.76 bits per heavy atom. The summed E-state index contributed by atoms with van der Waals surface area (Å²) in [4.78, 5) is 18.3. The number of carbonyl (C=O) groups is 1. The van der Waals surface area contributed by atoms with E-state index >= 15 is 0 Å². The van der Waals surface area contributed by atoms with E-state index in [4.69, 9.17) is 4.42 Å². The molecular weight excluding hydrogens is 332 g/mol. The highest BCUT2D eigenvalue weighted by atomic mass is 32.2. The normalized spacial score (nSPS) is 11.1. The van der Waals surface area contributed by atoms with E-state index in [-0.39, 0.29) is 11.7 Å². The maximum atomic E-state index is 12.6. The minimum atomic E-state index is -0.266. The standard InChI is InChI=1S/C20H16N2O2S/c1-12-16-11-18(20(23)22-13-6-5-7-14(10-13)25-2)24-19(16)15-8-3-4-9-17(15)21-12/h3-11H,1-2H3,(H,22,23). The zero-order valence-electron chi connectivity index (χ0n) is 13.9. The van der Waals surface area contributed by atoms with Crippen LogP contribution in [0.15, 0.2) is 63.9 Å². The highest BCUT2D eigenvalue weighted by Gasteiger charge is 2.16. The van der Waals surface area contributed by atoms with E-state index in [0.717, 1.165) is 32.6 Å². The monoisotopic (exact) mass is 348 g/mol. The third kappa shape index (κ3) is 2.87. The third-order valence-electron chi connectivity index (χ3n) is 4.11. The number of carbonyl (C=O) groups excluding carboxylic acids is 1. The summed E-state index contributed by atoms with van der Waals surface area (Å²) in [6.07, 6.45) is 2.00. The number of aromatic nitrogens is 1. The molecule has 2 heterocycles. The van der Waals surface area contributed by atoms with Crippen LogP contribution in [0.3, 0.4) is 0 Å². The fourth-order valence-corrected chi connectivity index (χ4v) is 3.33. The number of nitrogens with one attached hydrogen (secondary N) is 1. The van der Waals surface area contributed by atoms with Crippen molar-refractivity contribution in [3.05, 3.63) is 66.1 Å². The van der Waals surface area contributed by atoms with E-state index in [1.807, 2.05) is 61.7 Å². The van der Waals surface area contributed by atoms with Gasteiger partial charge >= 0.3 is 0 Å². The summed E-state index contributed by atoms with van der Waals surface area (Å²) >= 11 is 1.63. The number of para-hydroxylation sites is 1. The lowest BCUT2D eigenvalue weighted by molar-refractivity contribution is 0.0999. The highest BCUT2D eigenvalue weighted by molar-refractivity contribution is 7.98. The Balaban J connectivity index is 1.75. The van der Waals surface area contributed by atoms with Crippen molar-refractivity contribution < 1.29 is 9.21 Å². The number of furan rings is 1. The zero-order chi connectivity index (χ0) is 17.4. The number of hydrogen-bond acceptors (Lipinski definition) is 4. The van der Waals surface area contributed by atoms with Crippen LogP contribution >= 0.6 is 11.8 Å². The van der Waals surface area contributed by atoms with Gasteiger partial charge < -0.3 is 9.73 Å². The summed E-state index contributed by atoms with van der Waals surface area (Å²) in [7, 11) is 0. The van der Waals surface area contributed by atoms with Crippen molar-refractivity contribution in [3.63, 3.8) is 0 Å². The Morgan fingerprint density at radius 2 is 1.92 bits per heavy atom. The van der Waals surface area contributed by atoms with Gasteiger partial charge in [-0.25, -0.2) is 0 Å². The lowest BCUT2D eigenvalue weighted by Crippen LogP contribution is -2.10. The number of anilines is 1. The van der Waals surface area contributed by atoms with Crippen LogP contribution in [-0.4, -0.2) is 17.1 Å². The maximum absolute atomic E-state index is 12.6. The van der Waals surface area contributed by atoms with Crippen molar-refractivity contribution in [2.45, 2.75) is 11.8 Å². The van der Waals surface area contributed by atoms with Gasteiger partial charge in [0.25, 0.3) is 5.91 Å². The van der Waals surface area contributed by atoms with Gasteiger partial charge in [-0.3, -0.25) is 9.78 Å². The van der Waals surface area contributed by atoms with E-state index < -0.39 is 0 Å². The number of benzene rings is 2. The average Bonchev–Trinajstić information content (AvgIpc) is 3.08. The molecule has 4 rings (SSSR count). The molecule has 25 heavy (non-hydrogen) atoms. The number of pyridine rings is 1. The van der Waals surface area contributed by atoms with Crippen molar-refractivity contribution >= 4 is 45.2 Å². The quantitative estimate of drug-likeness (QED) is 0.513. The van der Waals surface area contributed by atoms with Crippen molar-refractivity contribution in [2.75, 3.05) is 11.6 Å². The fourth-order valence-electron chi connectivity index (χ4n) is 2.87. The van der Waals surface area contributed by atoms with Crippen LogP contribution in [0.25, 0.3) is 21.9 Å². The molecule has 5 heteroatoms. The smallest absolute Gasteiger partial charge is 0.291 e. The number of thioether (sulfide) groups is 1. The molecule has 2 aromatic heterocycles. The Morgan fingerprint density at radius 1 is 1.08 bits per heavy atom. The van der Waals surface area contributed by atoms with Gasteiger partial charge in [-0.15, -0.1) is 11.8 Å². The van der Waals surface area contributed by atoms with Crippen LogP contribution in [-0.2, 0) is 0 Å². The molecule has 0 atom stereocenters. The van der Waals surface area contributed by atoms with Gasteiger partial charge in [-0.1, -0.05) is 18.2 Å². The second-order valence-corrected chi connectivity index (χ2v) is 6.63. The Bertz CT molecular complexity index is 1100. The van der Waals surface area contributed by atoms with E-state index in [0.29, 0.717) is 5.58 Å². The molecule has 1 amide bonds. The summed E-state index contributed by atoms with van der Waals surface area (Å²) in [6, 6.07) is 17.3. The lowest BCUT2D eigenvalue weighted by Gasteiger charge is -2.04. The lowest BCUT2D eigenvalue weighted by atomic mass is 10.1. The zero-order valence-corrected chi connectivity index (χ0v) is 14.7. The summed E-state index contributed by atoms with van der Waals surface area (Å²) in [5.41, 5.74) is 3.16. The van der Waals surface area contributed by atoms with Gasteiger partial charge in [0, 0.05) is 27.0 Å². The Labute approximate surface area is 149 Å². The minimum Gasteiger partial charge on any atom is -0.450 e. The van der Waals surface area contributed by atoms with E-state index in [9.17, 15) is 4.79 Å². The average molecular weight is 348 g/mol. The molecule has 0 aliphatic heterocycles. The molecule has 0 unspecified atom stereocenters. The molecule has 0 bridgehead atoms. The van der Waals surface area contributed by atoms with E-state index in [2.05, 4.69) is 10.3 Å². The molecule has 4 nitrogen and oxygen atoms in total. The largest absolute Gasteiger partial charge is 0.450 e. The number of aryl methyl sites for hydroxylation is 1. The predicted molar refractivity (Wildman–Crippen MR) is 102 cm³/mol. The molecule has 0 saturated heterocycles. The number of fused-ring (bicyclic) bond motifs is 3. The summed E-state index contributed by atoms with van der Waals surface area (Å²) < 4.78 is 5.90. The molecule has 0 saturated carbocycles. The SMILES string of the molecule is CSc1cccc(NC(=O)c2cc3c(C)nc4ccccc4c3o2)c1. The first kappa shape index (κ1) is 15.7. The first-order chi connectivity index (χ1) is 12.2. The highest BCUT2D eigenvalue weighted by Crippen LogP contribution is 2.29. The van der Waals surface area contributed by atoms with Gasteiger partial charge in [0.2, 0.25) is 0 Å². The van der Waals surface area contributed by atoms with Gasteiger partial charge in [-0.2, -0.15) is 0 Å². The second-order valence-electron chi connectivity index (χ2n) is 5.75. The molecule has 2 aromatic carbocycles. The summed E-state index contributed by atoms with van der Waals surface area (Å²) in [6.45, 7) is 1.92. The van der Waals surface area contributed by atoms with Crippen molar-refractivity contribution in [3.8, 4) is 0 Å². The molecule has 124 valence electrons. The second kappa shape index (κ2) is 6.26.